The van der Waals surface area contributed by atoms with E-state index in [1.165, 1.54) is 0 Å². The van der Waals surface area contributed by atoms with Crippen LogP contribution in [0.2, 0.25) is 0 Å². The Morgan fingerprint density at radius 1 is 1.53 bits per heavy atom. The molecule has 84 valence electrons. The van der Waals surface area contributed by atoms with Gasteiger partial charge in [0.2, 0.25) is 0 Å². The minimum absolute atomic E-state index is 0.381. The summed E-state index contributed by atoms with van der Waals surface area (Å²) in [4.78, 5) is 6.27. The molecule has 0 radical (unpaired) electrons. The number of rotatable bonds is 5. The fourth-order valence-electron chi connectivity index (χ4n) is 1.50. The minimum Gasteiger partial charge on any atom is -0.383 e. The topological polar surface area (TPSA) is 51.4 Å². The van der Waals surface area contributed by atoms with Gasteiger partial charge >= 0.3 is 0 Å². The zero-order chi connectivity index (χ0) is 11.3. The van der Waals surface area contributed by atoms with Crippen LogP contribution in [0.25, 0.3) is 0 Å². The molecule has 0 aliphatic rings. The molecule has 0 aliphatic carbocycles. The molecule has 15 heavy (non-hydrogen) atoms. The highest BCUT2D eigenvalue weighted by molar-refractivity contribution is 5.63. The Hall–Kier alpha value is -1.29. The molecule has 0 aliphatic heterocycles. The predicted octanol–water partition coefficient (Wildman–Crippen LogP) is 1.53. The van der Waals surface area contributed by atoms with Crippen molar-refractivity contribution in [3.05, 3.63) is 18.3 Å². The highest BCUT2D eigenvalue weighted by Gasteiger charge is 2.12. The first-order valence-corrected chi connectivity index (χ1v) is 5.13. The molecule has 0 unspecified atom stereocenters. The summed E-state index contributed by atoms with van der Waals surface area (Å²) in [6, 6.07) is 4.26. The number of nitrogen functional groups attached to an aromatic ring is 1. The first kappa shape index (κ1) is 11.8. The van der Waals surface area contributed by atoms with Crippen molar-refractivity contribution >= 4 is 11.5 Å². The molecule has 1 heterocycles. The Morgan fingerprint density at radius 3 is 2.80 bits per heavy atom. The molecule has 4 heteroatoms. The van der Waals surface area contributed by atoms with Gasteiger partial charge in [0.1, 0.15) is 5.82 Å². The SMILES string of the molecule is COCCN(c1cccnc1N)C(C)C. The average molecular weight is 209 g/mol. The first-order valence-electron chi connectivity index (χ1n) is 5.13. The molecule has 0 bridgehead atoms. The fraction of sp³-hybridized carbons (Fsp3) is 0.545. The Morgan fingerprint density at radius 2 is 2.27 bits per heavy atom. The molecule has 1 aromatic rings. The number of methoxy groups -OCH3 is 1. The normalized spacial score (nSPS) is 10.7. The van der Waals surface area contributed by atoms with Crippen LogP contribution in [0.5, 0.6) is 0 Å². The van der Waals surface area contributed by atoms with Crippen molar-refractivity contribution in [1.82, 2.24) is 4.98 Å². The smallest absolute Gasteiger partial charge is 0.146 e. The van der Waals surface area contributed by atoms with Crippen LogP contribution in [0.15, 0.2) is 18.3 Å². The lowest BCUT2D eigenvalue weighted by Gasteiger charge is -2.29. The van der Waals surface area contributed by atoms with Crippen LogP contribution in [0.3, 0.4) is 0 Å². The highest BCUT2D eigenvalue weighted by Crippen LogP contribution is 2.21. The number of ether oxygens (including phenoxy) is 1. The first-order chi connectivity index (χ1) is 7.16. The lowest BCUT2D eigenvalue weighted by molar-refractivity contribution is 0.204. The summed E-state index contributed by atoms with van der Waals surface area (Å²) in [7, 11) is 1.70. The maximum atomic E-state index is 5.84. The second kappa shape index (κ2) is 5.56. The summed E-state index contributed by atoms with van der Waals surface area (Å²) < 4.78 is 5.08. The maximum Gasteiger partial charge on any atom is 0.146 e. The van der Waals surface area contributed by atoms with Gasteiger partial charge in [-0.2, -0.15) is 0 Å². The van der Waals surface area contributed by atoms with E-state index in [1.807, 2.05) is 12.1 Å². The van der Waals surface area contributed by atoms with Crippen LogP contribution in [-0.4, -0.2) is 31.3 Å². The van der Waals surface area contributed by atoms with Gasteiger partial charge in [-0.15, -0.1) is 0 Å². The molecule has 0 atom stereocenters. The van der Waals surface area contributed by atoms with Crippen LogP contribution < -0.4 is 10.6 Å². The summed E-state index contributed by atoms with van der Waals surface area (Å²) >= 11 is 0. The van der Waals surface area contributed by atoms with Crippen LogP contribution in [0.1, 0.15) is 13.8 Å². The van der Waals surface area contributed by atoms with Crippen LogP contribution in [0.4, 0.5) is 11.5 Å². The van der Waals surface area contributed by atoms with Gasteiger partial charge in [0.05, 0.1) is 12.3 Å². The lowest BCUT2D eigenvalue weighted by atomic mass is 10.2. The Kier molecular flexibility index (Phi) is 4.37. The maximum absolute atomic E-state index is 5.84. The zero-order valence-electron chi connectivity index (χ0n) is 9.60. The molecule has 0 aromatic carbocycles. The minimum atomic E-state index is 0.381. The fourth-order valence-corrected chi connectivity index (χ4v) is 1.50. The van der Waals surface area contributed by atoms with E-state index in [1.54, 1.807) is 13.3 Å². The van der Waals surface area contributed by atoms with Gasteiger partial charge in [0.25, 0.3) is 0 Å². The molecule has 0 saturated heterocycles. The number of hydrogen-bond acceptors (Lipinski definition) is 4. The van der Waals surface area contributed by atoms with Gasteiger partial charge in [-0.05, 0) is 26.0 Å². The van der Waals surface area contributed by atoms with E-state index in [0.717, 1.165) is 12.2 Å². The molecule has 0 saturated carbocycles. The third-order valence-corrected chi connectivity index (χ3v) is 2.29. The number of hydrogen-bond donors (Lipinski definition) is 1. The number of pyridine rings is 1. The van der Waals surface area contributed by atoms with Gasteiger partial charge in [-0.3, -0.25) is 0 Å². The second-order valence-electron chi connectivity index (χ2n) is 3.69. The number of anilines is 2. The molecule has 4 nitrogen and oxygen atoms in total. The molecule has 1 rings (SSSR count). The molecular weight excluding hydrogens is 190 g/mol. The van der Waals surface area contributed by atoms with Gasteiger partial charge in [0, 0.05) is 25.9 Å². The quantitative estimate of drug-likeness (QED) is 0.799. The van der Waals surface area contributed by atoms with Crippen LogP contribution in [-0.2, 0) is 4.74 Å². The van der Waals surface area contributed by atoms with Gasteiger partial charge in [-0.25, -0.2) is 4.98 Å². The third kappa shape index (κ3) is 3.09. The molecule has 2 N–H and O–H groups in total. The van der Waals surface area contributed by atoms with Crippen molar-refractivity contribution in [1.29, 1.82) is 0 Å². The highest BCUT2D eigenvalue weighted by atomic mass is 16.5. The summed E-state index contributed by atoms with van der Waals surface area (Å²) in [5.74, 6) is 0.572. The number of aromatic nitrogens is 1. The predicted molar refractivity (Wildman–Crippen MR) is 63.0 cm³/mol. The number of nitrogens with two attached hydrogens (primary N) is 1. The molecule has 1 aromatic heterocycles. The van der Waals surface area contributed by atoms with E-state index >= 15 is 0 Å². The van der Waals surface area contributed by atoms with E-state index in [4.69, 9.17) is 10.5 Å². The van der Waals surface area contributed by atoms with E-state index in [-0.39, 0.29) is 0 Å². The second-order valence-corrected chi connectivity index (χ2v) is 3.69. The van der Waals surface area contributed by atoms with Gasteiger partial charge < -0.3 is 15.4 Å². The monoisotopic (exact) mass is 209 g/mol. The third-order valence-electron chi connectivity index (χ3n) is 2.29. The summed E-state index contributed by atoms with van der Waals surface area (Å²) in [5, 5.41) is 0. The summed E-state index contributed by atoms with van der Waals surface area (Å²) in [5.41, 5.74) is 6.81. The van der Waals surface area contributed by atoms with Crippen LogP contribution >= 0.6 is 0 Å². The summed E-state index contributed by atoms with van der Waals surface area (Å²) in [6.45, 7) is 5.76. The van der Waals surface area contributed by atoms with Crippen molar-refractivity contribution < 1.29 is 4.74 Å². The van der Waals surface area contributed by atoms with Crippen molar-refractivity contribution in [3.8, 4) is 0 Å². The number of nitrogens with zero attached hydrogens (tertiary/aromatic N) is 2. The van der Waals surface area contributed by atoms with E-state index in [2.05, 4.69) is 23.7 Å². The zero-order valence-corrected chi connectivity index (χ0v) is 9.60. The van der Waals surface area contributed by atoms with E-state index in [0.29, 0.717) is 18.5 Å². The van der Waals surface area contributed by atoms with Crippen molar-refractivity contribution in [3.63, 3.8) is 0 Å². The Balaban J connectivity index is 2.84. The van der Waals surface area contributed by atoms with Crippen molar-refractivity contribution in [2.75, 3.05) is 30.9 Å². The Labute approximate surface area is 91.1 Å². The Bertz CT molecular complexity index is 302. The summed E-state index contributed by atoms with van der Waals surface area (Å²) in [6.07, 6.45) is 1.70. The van der Waals surface area contributed by atoms with Crippen molar-refractivity contribution in [2.45, 2.75) is 19.9 Å². The molecule has 0 fully saturated rings. The van der Waals surface area contributed by atoms with E-state index in [9.17, 15) is 0 Å². The molecule has 0 amide bonds. The largest absolute Gasteiger partial charge is 0.383 e. The van der Waals surface area contributed by atoms with Crippen LogP contribution in [0, 0.1) is 0 Å². The average Bonchev–Trinajstić information content (AvgIpc) is 2.20. The molecule has 0 spiro atoms. The molecular formula is C11H19N3O. The van der Waals surface area contributed by atoms with Gasteiger partial charge in [-0.1, -0.05) is 0 Å². The van der Waals surface area contributed by atoms with Gasteiger partial charge in [0.15, 0.2) is 0 Å². The van der Waals surface area contributed by atoms with E-state index < -0.39 is 0 Å². The van der Waals surface area contributed by atoms with Crippen molar-refractivity contribution in [2.24, 2.45) is 0 Å². The standard InChI is InChI=1S/C11H19N3O/c1-9(2)14(7-8-15-3)10-5-4-6-13-11(10)12/h4-6,9H,7-8H2,1-3H3,(H2,12,13). The lowest BCUT2D eigenvalue weighted by Crippen LogP contribution is -2.34.